The number of fused-ring (bicyclic) bond motifs is 1. The molecule has 100 valence electrons. The first kappa shape index (κ1) is 11.8. The molecular weight excluding hydrogens is 244 g/mol. The van der Waals surface area contributed by atoms with Crippen LogP contribution >= 0.6 is 0 Å². The number of benzene rings is 1. The molecule has 6 heteroatoms. The number of carbonyl (C=O) groups is 1. The van der Waals surface area contributed by atoms with Crippen molar-refractivity contribution in [3.8, 4) is 0 Å². The first-order chi connectivity index (χ1) is 9.16. The van der Waals surface area contributed by atoms with E-state index in [0.29, 0.717) is 13.1 Å². The monoisotopic (exact) mass is 260 g/mol. The van der Waals surface area contributed by atoms with E-state index in [9.17, 15) is 4.79 Å². The molecule has 1 aromatic heterocycles. The van der Waals surface area contributed by atoms with Crippen molar-refractivity contribution < 1.29 is 9.90 Å². The Morgan fingerprint density at radius 2 is 2.00 bits per heavy atom. The second-order valence-electron chi connectivity index (χ2n) is 4.73. The van der Waals surface area contributed by atoms with Crippen LogP contribution < -0.4 is 4.90 Å². The number of aryl methyl sites for hydroxylation is 1. The van der Waals surface area contributed by atoms with Crippen LogP contribution in [0.25, 0.3) is 10.9 Å². The van der Waals surface area contributed by atoms with Gasteiger partial charge in [0.05, 0.1) is 11.7 Å². The number of hydrogen-bond donors (Lipinski definition) is 1. The summed E-state index contributed by atoms with van der Waals surface area (Å²) in [5.74, 6) is 0. The van der Waals surface area contributed by atoms with Gasteiger partial charge < -0.3 is 14.9 Å². The van der Waals surface area contributed by atoms with Crippen molar-refractivity contribution >= 4 is 22.7 Å². The molecule has 1 saturated heterocycles. The number of amides is 1. The predicted molar refractivity (Wildman–Crippen MR) is 72.5 cm³/mol. The summed E-state index contributed by atoms with van der Waals surface area (Å²) in [4.78, 5) is 14.6. The topological polar surface area (TPSA) is 61.6 Å². The molecule has 1 aliphatic rings. The third-order valence-electron chi connectivity index (χ3n) is 3.66. The lowest BCUT2D eigenvalue weighted by atomic mass is 10.2. The van der Waals surface area contributed by atoms with Crippen LogP contribution in [0.3, 0.4) is 0 Å². The van der Waals surface area contributed by atoms with Crippen LogP contribution in [-0.4, -0.2) is 52.1 Å². The maximum absolute atomic E-state index is 10.9. The molecule has 0 atom stereocenters. The molecule has 0 spiro atoms. The Hall–Kier alpha value is -2.24. The van der Waals surface area contributed by atoms with Crippen LogP contribution in [0.4, 0.5) is 10.5 Å². The molecule has 1 aromatic carbocycles. The maximum Gasteiger partial charge on any atom is 0.407 e. The maximum atomic E-state index is 10.9. The van der Waals surface area contributed by atoms with Gasteiger partial charge in [0.1, 0.15) is 0 Å². The second-order valence-corrected chi connectivity index (χ2v) is 4.73. The molecule has 1 fully saturated rings. The van der Waals surface area contributed by atoms with Crippen molar-refractivity contribution in [3.63, 3.8) is 0 Å². The van der Waals surface area contributed by atoms with Gasteiger partial charge >= 0.3 is 6.09 Å². The minimum absolute atomic E-state index is 0.548. The molecule has 1 N–H and O–H groups in total. The highest BCUT2D eigenvalue weighted by Gasteiger charge is 2.21. The van der Waals surface area contributed by atoms with Crippen molar-refractivity contribution in [3.05, 3.63) is 24.4 Å². The van der Waals surface area contributed by atoms with Gasteiger partial charge in [0.15, 0.2) is 0 Å². The fourth-order valence-electron chi connectivity index (χ4n) is 2.58. The van der Waals surface area contributed by atoms with Crippen molar-refractivity contribution in [2.75, 3.05) is 31.1 Å². The molecule has 19 heavy (non-hydrogen) atoms. The van der Waals surface area contributed by atoms with E-state index >= 15 is 0 Å². The smallest absolute Gasteiger partial charge is 0.407 e. The molecule has 0 unspecified atom stereocenters. The predicted octanol–water partition coefficient (Wildman–Crippen LogP) is 1.37. The molecule has 0 radical (unpaired) electrons. The average Bonchev–Trinajstić information content (AvgIpc) is 2.81. The summed E-state index contributed by atoms with van der Waals surface area (Å²) in [7, 11) is 1.93. The van der Waals surface area contributed by atoms with Crippen molar-refractivity contribution in [1.82, 2.24) is 14.7 Å². The zero-order valence-corrected chi connectivity index (χ0v) is 10.8. The Labute approximate surface area is 110 Å². The van der Waals surface area contributed by atoms with Crippen LogP contribution in [0.5, 0.6) is 0 Å². The van der Waals surface area contributed by atoms with Gasteiger partial charge in [0.2, 0.25) is 0 Å². The fraction of sp³-hybridized carbons (Fsp3) is 0.385. The van der Waals surface area contributed by atoms with Crippen molar-refractivity contribution in [2.45, 2.75) is 0 Å². The third-order valence-corrected chi connectivity index (χ3v) is 3.66. The fourth-order valence-corrected chi connectivity index (χ4v) is 2.58. The number of rotatable bonds is 1. The number of piperazine rings is 1. The molecule has 6 nitrogen and oxygen atoms in total. The van der Waals surface area contributed by atoms with E-state index in [1.807, 2.05) is 30.1 Å². The van der Waals surface area contributed by atoms with E-state index in [1.165, 1.54) is 4.90 Å². The minimum atomic E-state index is -0.834. The number of carboxylic acid groups (broad SMARTS) is 1. The molecule has 0 saturated carbocycles. The minimum Gasteiger partial charge on any atom is -0.465 e. The molecule has 1 aliphatic heterocycles. The van der Waals surface area contributed by atoms with Crippen molar-refractivity contribution in [1.29, 1.82) is 0 Å². The van der Waals surface area contributed by atoms with Crippen LogP contribution in [0, 0.1) is 0 Å². The summed E-state index contributed by atoms with van der Waals surface area (Å²) in [6.45, 7) is 2.54. The van der Waals surface area contributed by atoms with E-state index in [1.54, 1.807) is 0 Å². The van der Waals surface area contributed by atoms with Gasteiger partial charge in [-0.1, -0.05) is 6.07 Å². The Balaban J connectivity index is 1.88. The lowest BCUT2D eigenvalue weighted by Gasteiger charge is -2.34. The average molecular weight is 260 g/mol. The summed E-state index contributed by atoms with van der Waals surface area (Å²) in [6.07, 6.45) is 1.04. The molecule has 1 amide bonds. The van der Waals surface area contributed by atoms with E-state index in [-0.39, 0.29) is 0 Å². The van der Waals surface area contributed by atoms with Gasteiger partial charge in [-0.15, -0.1) is 0 Å². The van der Waals surface area contributed by atoms with Crippen molar-refractivity contribution in [2.24, 2.45) is 7.05 Å². The number of anilines is 1. The van der Waals surface area contributed by atoms with Gasteiger partial charge in [-0.05, 0) is 12.1 Å². The van der Waals surface area contributed by atoms with Crippen LogP contribution in [0.2, 0.25) is 0 Å². The van der Waals surface area contributed by atoms with Gasteiger partial charge in [0.25, 0.3) is 0 Å². The lowest BCUT2D eigenvalue weighted by molar-refractivity contribution is 0.142. The molecule has 0 bridgehead atoms. The standard InChI is InChI=1S/C13H16N4O2/c1-15-11-3-2-4-12(10(11)9-14-15)16-5-7-17(8-6-16)13(18)19/h2-4,9H,5-8H2,1H3,(H,18,19). The van der Waals surface area contributed by atoms with Gasteiger partial charge in [0, 0.05) is 44.3 Å². The molecule has 2 heterocycles. The summed E-state index contributed by atoms with van der Waals surface area (Å²) in [6, 6.07) is 6.13. The highest BCUT2D eigenvalue weighted by Crippen LogP contribution is 2.27. The quantitative estimate of drug-likeness (QED) is 0.841. The summed E-state index contributed by atoms with van der Waals surface area (Å²) in [5, 5.41) is 14.4. The Morgan fingerprint density at radius 1 is 1.26 bits per heavy atom. The highest BCUT2D eigenvalue weighted by atomic mass is 16.4. The number of nitrogens with zero attached hydrogens (tertiary/aromatic N) is 4. The summed E-state index contributed by atoms with van der Waals surface area (Å²) >= 11 is 0. The molecular formula is C13H16N4O2. The Kier molecular flexibility index (Phi) is 2.77. The van der Waals surface area contributed by atoms with Gasteiger partial charge in [-0.3, -0.25) is 4.68 Å². The van der Waals surface area contributed by atoms with Crippen LogP contribution in [0.1, 0.15) is 0 Å². The van der Waals surface area contributed by atoms with Crippen LogP contribution in [-0.2, 0) is 7.05 Å². The molecule has 0 aliphatic carbocycles. The SMILES string of the molecule is Cn1ncc2c(N3CCN(C(=O)O)CC3)cccc21. The largest absolute Gasteiger partial charge is 0.465 e. The Bertz CT molecular complexity index is 614. The normalized spacial score (nSPS) is 16.1. The zero-order valence-electron chi connectivity index (χ0n) is 10.8. The zero-order chi connectivity index (χ0) is 13.4. The highest BCUT2D eigenvalue weighted by molar-refractivity contribution is 5.92. The van der Waals surface area contributed by atoms with E-state index in [4.69, 9.17) is 5.11 Å². The Morgan fingerprint density at radius 3 is 2.68 bits per heavy atom. The summed E-state index contributed by atoms with van der Waals surface area (Å²) in [5.41, 5.74) is 2.23. The molecule has 2 aromatic rings. The lowest BCUT2D eigenvalue weighted by Crippen LogP contribution is -2.48. The number of hydrogen-bond acceptors (Lipinski definition) is 3. The van der Waals surface area contributed by atoms with E-state index in [0.717, 1.165) is 29.7 Å². The first-order valence-corrected chi connectivity index (χ1v) is 6.30. The van der Waals surface area contributed by atoms with Gasteiger partial charge in [-0.2, -0.15) is 5.10 Å². The third kappa shape index (κ3) is 1.99. The summed E-state index contributed by atoms with van der Waals surface area (Å²) < 4.78 is 1.85. The van der Waals surface area contributed by atoms with E-state index < -0.39 is 6.09 Å². The van der Waals surface area contributed by atoms with E-state index in [2.05, 4.69) is 16.1 Å². The molecule has 3 rings (SSSR count). The second kappa shape index (κ2) is 4.46. The number of aromatic nitrogens is 2. The van der Waals surface area contributed by atoms with Crippen LogP contribution in [0.15, 0.2) is 24.4 Å². The first-order valence-electron chi connectivity index (χ1n) is 6.30. The van der Waals surface area contributed by atoms with Gasteiger partial charge in [-0.25, -0.2) is 4.79 Å².